The summed E-state index contributed by atoms with van der Waals surface area (Å²) in [5.41, 5.74) is -0.924. The van der Waals surface area contributed by atoms with Crippen molar-refractivity contribution >= 4 is 27.0 Å². The van der Waals surface area contributed by atoms with E-state index in [9.17, 15) is 4.57 Å². The van der Waals surface area contributed by atoms with Crippen molar-refractivity contribution in [2.24, 2.45) is 0 Å². The van der Waals surface area contributed by atoms with Crippen molar-refractivity contribution in [2.75, 3.05) is 6.16 Å². The number of benzene rings is 1. The Morgan fingerprint density at radius 1 is 1.05 bits per heavy atom. The van der Waals surface area contributed by atoms with Crippen LogP contribution in [0.5, 0.6) is 5.75 Å². The minimum atomic E-state index is -4.64. The van der Waals surface area contributed by atoms with E-state index >= 15 is 0 Å². The Hall–Kier alpha value is -0.430. The fraction of sp³-hybridized carbons (Fsp3) is 0.400. The number of hydrogen-bond acceptors (Lipinski definition) is 3. The third kappa shape index (κ3) is 14.3. The second-order valence-electron chi connectivity index (χ2n) is 4.65. The summed E-state index contributed by atoms with van der Waals surface area (Å²) in [7, 11) is -8.72. The molecule has 0 unspecified atom stereocenters. The van der Waals surface area contributed by atoms with Crippen molar-refractivity contribution in [1.82, 2.24) is 0 Å². The lowest BCUT2D eigenvalue weighted by atomic mass is 10.2. The molecule has 0 amide bonds. The third-order valence-corrected chi connectivity index (χ3v) is 3.22. The fourth-order valence-electron chi connectivity index (χ4n) is 1.35. The quantitative estimate of drug-likeness (QED) is 0.509. The molecule has 21 heavy (non-hydrogen) atoms. The Bertz CT molecular complexity index is 524. The molecule has 1 aromatic rings. The topological polar surface area (TPSA) is 145 Å². The van der Waals surface area contributed by atoms with E-state index in [4.69, 9.17) is 45.4 Å². The first-order valence-corrected chi connectivity index (χ1v) is 9.19. The van der Waals surface area contributed by atoms with Crippen molar-refractivity contribution in [2.45, 2.75) is 19.4 Å². The first-order valence-electron chi connectivity index (χ1n) is 5.45. The molecule has 0 heterocycles. The second kappa shape index (κ2) is 7.72. The summed E-state index contributed by atoms with van der Waals surface area (Å²) in [5, 5.41) is 0.583. The molecule has 0 saturated heterocycles. The van der Waals surface area contributed by atoms with Gasteiger partial charge in [-0.3, -0.25) is 4.57 Å². The van der Waals surface area contributed by atoms with Crippen LogP contribution in [-0.2, 0) is 9.13 Å². The van der Waals surface area contributed by atoms with Crippen LogP contribution in [0.25, 0.3) is 0 Å². The maximum absolute atomic E-state index is 10.9. The van der Waals surface area contributed by atoms with Gasteiger partial charge >= 0.3 is 15.4 Å². The van der Waals surface area contributed by atoms with Gasteiger partial charge in [-0.25, -0.2) is 4.57 Å². The summed E-state index contributed by atoms with van der Waals surface area (Å²) >= 11 is 5.71. The lowest BCUT2D eigenvalue weighted by Crippen LogP contribution is -2.32. The van der Waals surface area contributed by atoms with E-state index in [0.717, 1.165) is 0 Å². The lowest BCUT2D eigenvalue weighted by Gasteiger charge is -2.26. The standard InChI is InChI=1S/C10H14ClO4P.H3O4P/c1-10(2,7-16(12,13)14)15-9-5-3-8(11)4-6-9;1-5(2,3)4/h3-6H,7H2,1-2H3,(H2,12,13,14);(H3,1,2,3,4). The summed E-state index contributed by atoms with van der Waals surface area (Å²) in [6.45, 7) is 3.25. The van der Waals surface area contributed by atoms with Crippen molar-refractivity contribution in [3.05, 3.63) is 29.3 Å². The number of hydrogen-bond donors (Lipinski definition) is 5. The highest BCUT2D eigenvalue weighted by Crippen LogP contribution is 2.39. The normalized spacial score (nSPS) is 12.4. The summed E-state index contributed by atoms with van der Waals surface area (Å²) < 4.78 is 25.2. The van der Waals surface area contributed by atoms with E-state index in [0.29, 0.717) is 10.8 Å². The van der Waals surface area contributed by atoms with Gasteiger partial charge in [0.25, 0.3) is 0 Å². The zero-order chi connectivity index (χ0) is 16.9. The van der Waals surface area contributed by atoms with E-state index in [1.54, 1.807) is 38.1 Å². The number of halogens is 1. The molecule has 0 aliphatic carbocycles. The summed E-state index contributed by atoms with van der Waals surface area (Å²) in [6, 6.07) is 6.63. The molecule has 0 saturated carbocycles. The molecule has 0 fully saturated rings. The maximum atomic E-state index is 10.9. The van der Waals surface area contributed by atoms with E-state index < -0.39 is 21.0 Å². The van der Waals surface area contributed by atoms with Crippen LogP contribution in [-0.4, -0.2) is 36.2 Å². The van der Waals surface area contributed by atoms with Gasteiger partial charge in [0.15, 0.2) is 0 Å². The second-order valence-corrected chi connectivity index (χ2v) is 7.76. The van der Waals surface area contributed by atoms with Gasteiger partial charge in [-0.1, -0.05) is 11.6 Å². The highest BCUT2D eigenvalue weighted by molar-refractivity contribution is 7.51. The smallest absolute Gasteiger partial charge is 0.466 e. The van der Waals surface area contributed by atoms with Crippen LogP contribution in [0.3, 0.4) is 0 Å². The Kier molecular flexibility index (Phi) is 7.56. The Balaban J connectivity index is 0.000000690. The van der Waals surface area contributed by atoms with Crippen LogP contribution < -0.4 is 4.74 Å². The first-order chi connectivity index (χ1) is 9.18. The molecule has 1 rings (SSSR count). The lowest BCUT2D eigenvalue weighted by molar-refractivity contribution is 0.127. The molecule has 5 N–H and O–H groups in total. The molecular formula is C10H17ClO8P2. The predicted octanol–water partition coefficient (Wildman–Crippen LogP) is 1.75. The van der Waals surface area contributed by atoms with Gasteiger partial charge in [-0.05, 0) is 38.1 Å². The van der Waals surface area contributed by atoms with Crippen LogP contribution >= 0.6 is 27.0 Å². The molecule has 0 aliphatic rings. The van der Waals surface area contributed by atoms with E-state index in [2.05, 4.69) is 0 Å². The highest BCUT2D eigenvalue weighted by Gasteiger charge is 2.30. The van der Waals surface area contributed by atoms with Crippen LogP contribution in [0.1, 0.15) is 13.8 Å². The molecule has 0 aromatic heterocycles. The van der Waals surface area contributed by atoms with Crippen molar-refractivity contribution in [3.63, 3.8) is 0 Å². The third-order valence-electron chi connectivity index (χ3n) is 1.79. The summed E-state index contributed by atoms with van der Waals surface area (Å²) in [6.07, 6.45) is -0.331. The average molecular weight is 363 g/mol. The number of rotatable bonds is 4. The molecule has 0 atom stereocenters. The maximum Gasteiger partial charge on any atom is 0.466 e. The van der Waals surface area contributed by atoms with Gasteiger partial charge in [0.1, 0.15) is 11.4 Å². The molecule has 0 bridgehead atoms. The molecule has 122 valence electrons. The molecule has 1 aromatic carbocycles. The Morgan fingerprint density at radius 2 is 1.43 bits per heavy atom. The van der Waals surface area contributed by atoms with Crippen LogP contribution in [0, 0.1) is 0 Å². The zero-order valence-electron chi connectivity index (χ0n) is 11.2. The molecular weight excluding hydrogens is 346 g/mol. The first kappa shape index (κ1) is 20.6. The van der Waals surface area contributed by atoms with Gasteiger partial charge in [-0.2, -0.15) is 0 Å². The highest BCUT2D eigenvalue weighted by atomic mass is 35.5. The van der Waals surface area contributed by atoms with Crippen molar-refractivity contribution < 1.29 is 38.3 Å². The van der Waals surface area contributed by atoms with E-state index in [1.807, 2.05) is 0 Å². The van der Waals surface area contributed by atoms with E-state index in [1.165, 1.54) is 0 Å². The molecule has 11 heteroatoms. The molecule has 0 spiro atoms. The van der Waals surface area contributed by atoms with Gasteiger partial charge in [0.05, 0.1) is 6.16 Å². The zero-order valence-corrected chi connectivity index (χ0v) is 13.8. The van der Waals surface area contributed by atoms with Crippen molar-refractivity contribution in [1.29, 1.82) is 0 Å². The van der Waals surface area contributed by atoms with Crippen LogP contribution in [0.4, 0.5) is 0 Å². The van der Waals surface area contributed by atoms with Crippen LogP contribution in [0.2, 0.25) is 5.02 Å². The Morgan fingerprint density at radius 3 is 1.76 bits per heavy atom. The van der Waals surface area contributed by atoms with Gasteiger partial charge in [-0.15, -0.1) is 0 Å². The number of phosphoric acid groups is 1. The SMILES string of the molecule is CC(C)(CP(=O)(O)O)Oc1ccc(Cl)cc1.O=P(O)(O)O. The van der Waals surface area contributed by atoms with Gasteiger partial charge < -0.3 is 29.2 Å². The van der Waals surface area contributed by atoms with Crippen LogP contribution in [0.15, 0.2) is 24.3 Å². The van der Waals surface area contributed by atoms with Gasteiger partial charge in [0, 0.05) is 5.02 Å². The van der Waals surface area contributed by atoms with Gasteiger partial charge in [0.2, 0.25) is 0 Å². The molecule has 0 radical (unpaired) electrons. The summed E-state index contributed by atoms with van der Waals surface area (Å²) in [5.74, 6) is 0.530. The largest absolute Gasteiger partial charge is 0.487 e. The predicted molar refractivity (Wildman–Crippen MR) is 77.3 cm³/mol. The molecule has 0 aliphatic heterocycles. The summed E-state index contributed by atoms with van der Waals surface area (Å²) in [4.78, 5) is 39.3. The average Bonchev–Trinajstić information content (AvgIpc) is 2.14. The number of ether oxygens (including phenoxy) is 1. The minimum absolute atomic E-state index is 0.331. The van der Waals surface area contributed by atoms with Crippen molar-refractivity contribution in [3.8, 4) is 5.75 Å². The monoisotopic (exact) mass is 362 g/mol. The fourth-order valence-corrected chi connectivity index (χ4v) is 2.53. The molecule has 8 nitrogen and oxygen atoms in total. The Labute approximate surface area is 126 Å². The minimum Gasteiger partial charge on any atom is -0.487 e. The van der Waals surface area contributed by atoms with E-state index in [-0.39, 0.29) is 6.16 Å².